The molecule has 0 bridgehead atoms. The van der Waals surface area contributed by atoms with Gasteiger partial charge in [-0.3, -0.25) is 0 Å². The average Bonchev–Trinajstić information content (AvgIpc) is 2.18. The van der Waals surface area contributed by atoms with Crippen molar-refractivity contribution in [3.63, 3.8) is 0 Å². The Hall–Kier alpha value is -0.600. The Kier molecular flexibility index (Phi) is 3.70. The maximum absolute atomic E-state index is 9.58. The first-order chi connectivity index (χ1) is 6.22. The van der Waals surface area contributed by atoms with Gasteiger partial charge in [-0.05, 0) is 12.1 Å². The summed E-state index contributed by atoms with van der Waals surface area (Å²) in [5, 5.41) is 9.58. The number of rotatable bonds is 3. The minimum atomic E-state index is 0.158. The van der Waals surface area contributed by atoms with E-state index in [0.717, 1.165) is 0 Å². The summed E-state index contributed by atoms with van der Waals surface area (Å²) in [4.78, 5) is 0. The number of hydrogen-bond donors (Lipinski definition) is 1. The predicted molar refractivity (Wildman–Crippen MR) is 53.8 cm³/mol. The summed E-state index contributed by atoms with van der Waals surface area (Å²) in [6.07, 6.45) is 0. The van der Waals surface area contributed by atoms with Crippen molar-refractivity contribution in [2.24, 2.45) is 0 Å². The lowest BCUT2D eigenvalue weighted by Crippen LogP contribution is -1.90. The van der Waals surface area contributed by atoms with E-state index >= 15 is 0 Å². The highest BCUT2D eigenvalue weighted by atomic mass is 35.5. The second kappa shape index (κ2) is 4.58. The molecule has 0 unspecified atom stereocenters. The molecule has 0 aliphatic carbocycles. The minimum absolute atomic E-state index is 0.158. The molecule has 4 heteroatoms. The van der Waals surface area contributed by atoms with Crippen LogP contribution >= 0.6 is 23.2 Å². The summed E-state index contributed by atoms with van der Waals surface area (Å²) in [7, 11) is 1.56. The van der Waals surface area contributed by atoms with E-state index in [2.05, 4.69) is 0 Å². The molecule has 0 atom stereocenters. The lowest BCUT2D eigenvalue weighted by molar-refractivity contribution is 0.410. The molecule has 0 aliphatic rings. The van der Waals surface area contributed by atoms with Crippen LogP contribution in [0.25, 0.3) is 0 Å². The van der Waals surface area contributed by atoms with Gasteiger partial charge in [0.15, 0.2) is 0 Å². The number of phenols is 1. The molecule has 2 nitrogen and oxygen atoms in total. The maximum atomic E-state index is 9.58. The smallest absolute Gasteiger partial charge is 0.124 e. The van der Waals surface area contributed by atoms with Crippen molar-refractivity contribution in [3.05, 3.63) is 23.3 Å². The largest absolute Gasteiger partial charge is 0.507 e. The molecule has 0 fully saturated rings. The van der Waals surface area contributed by atoms with Gasteiger partial charge in [-0.1, -0.05) is 0 Å². The van der Waals surface area contributed by atoms with Crippen molar-refractivity contribution in [2.75, 3.05) is 7.11 Å². The zero-order chi connectivity index (χ0) is 9.84. The van der Waals surface area contributed by atoms with Crippen LogP contribution in [0.3, 0.4) is 0 Å². The SMILES string of the molecule is COc1cc(CCl)c(O)c(CCl)c1. The molecule has 72 valence electrons. The topological polar surface area (TPSA) is 29.5 Å². The van der Waals surface area contributed by atoms with Gasteiger partial charge in [0.2, 0.25) is 0 Å². The highest BCUT2D eigenvalue weighted by Gasteiger charge is 2.08. The van der Waals surface area contributed by atoms with Crippen molar-refractivity contribution in [2.45, 2.75) is 11.8 Å². The van der Waals surface area contributed by atoms with Crippen molar-refractivity contribution < 1.29 is 9.84 Å². The summed E-state index contributed by atoms with van der Waals surface area (Å²) < 4.78 is 5.03. The van der Waals surface area contributed by atoms with E-state index in [9.17, 15) is 5.11 Å². The molecule has 13 heavy (non-hydrogen) atoms. The first kappa shape index (κ1) is 10.5. The summed E-state index contributed by atoms with van der Waals surface area (Å²) in [6, 6.07) is 3.39. The number of phenolic OH excluding ortho intramolecular Hbond substituents is 1. The van der Waals surface area contributed by atoms with Crippen molar-refractivity contribution in [3.8, 4) is 11.5 Å². The Morgan fingerprint density at radius 3 is 2.00 bits per heavy atom. The standard InChI is InChI=1S/C9H10Cl2O2/c1-13-8-2-6(4-10)9(12)7(3-8)5-11/h2-3,12H,4-5H2,1H3. The first-order valence-corrected chi connectivity index (χ1v) is 4.80. The number of methoxy groups -OCH3 is 1. The molecule has 0 saturated heterocycles. The number of benzene rings is 1. The zero-order valence-electron chi connectivity index (χ0n) is 7.18. The lowest BCUT2D eigenvalue weighted by atomic mass is 10.1. The predicted octanol–water partition coefficient (Wildman–Crippen LogP) is 2.88. The molecule has 0 radical (unpaired) electrons. The van der Waals surface area contributed by atoms with Crippen LogP contribution < -0.4 is 4.74 Å². The van der Waals surface area contributed by atoms with Gasteiger partial charge in [0.25, 0.3) is 0 Å². The molecule has 1 N–H and O–H groups in total. The third-order valence-corrected chi connectivity index (χ3v) is 2.34. The van der Waals surface area contributed by atoms with Gasteiger partial charge in [-0.25, -0.2) is 0 Å². The van der Waals surface area contributed by atoms with E-state index in [1.807, 2.05) is 0 Å². The molecular weight excluding hydrogens is 211 g/mol. The van der Waals surface area contributed by atoms with Crippen molar-refractivity contribution in [1.29, 1.82) is 0 Å². The minimum Gasteiger partial charge on any atom is -0.507 e. The van der Waals surface area contributed by atoms with Crippen LogP contribution in [0.5, 0.6) is 11.5 Å². The number of alkyl halides is 2. The molecule has 1 aromatic rings. The van der Waals surface area contributed by atoms with E-state index in [-0.39, 0.29) is 17.5 Å². The van der Waals surface area contributed by atoms with Gasteiger partial charge in [0.05, 0.1) is 18.9 Å². The van der Waals surface area contributed by atoms with E-state index in [1.54, 1.807) is 19.2 Å². The van der Waals surface area contributed by atoms with Crippen LogP contribution in [0, 0.1) is 0 Å². The number of aromatic hydroxyl groups is 1. The maximum Gasteiger partial charge on any atom is 0.124 e. The quantitative estimate of drug-likeness (QED) is 0.795. The average molecular weight is 221 g/mol. The fraction of sp³-hybridized carbons (Fsp3) is 0.333. The fourth-order valence-corrected chi connectivity index (χ4v) is 1.46. The monoisotopic (exact) mass is 220 g/mol. The van der Waals surface area contributed by atoms with Crippen LogP contribution in [0.2, 0.25) is 0 Å². The highest BCUT2D eigenvalue weighted by molar-refractivity contribution is 6.18. The highest BCUT2D eigenvalue weighted by Crippen LogP contribution is 2.30. The summed E-state index contributed by atoms with van der Waals surface area (Å²) >= 11 is 11.3. The molecule has 0 amide bonds. The molecule has 0 aromatic heterocycles. The van der Waals surface area contributed by atoms with Gasteiger partial charge >= 0.3 is 0 Å². The molecule has 1 rings (SSSR count). The second-order valence-electron chi connectivity index (χ2n) is 2.56. The van der Waals surface area contributed by atoms with E-state index in [4.69, 9.17) is 27.9 Å². The molecule has 0 saturated carbocycles. The Morgan fingerprint density at radius 1 is 1.23 bits per heavy atom. The van der Waals surface area contributed by atoms with E-state index < -0.39 is 0 Å². The Balaban J connectivity index is 3.20. The molecule has 0 aliphatic heterocycles. The number of ether oxygens (including phenoxy) is 1. The van der Waals surface area contributed by atoms with Crippen LogP contribution in [0.1, 0.15) is 11.1 Å². The lowest BCUT2D eigenvalue weighted by Gasteiger charge is -2.08. The summed E-state index contributed by atoms with van der Waals surface area (Å²) in [5.74, 6) is 1.30. The molecule has 0 spiro atoms. The number of halogens is 2. The van der Waals surface area contributed by atoms with Gasteiger partial charge in [-0.2, -0.15) is 0 Å². The van der Waals surface area contributed by atoms with Crippen molar-refractivity contribution >= 4 is 23.2 Å². The van der Waals surface area contributed by atoms with Crippen LogP contribution in [0.4, 0.5) is 0 Å². The van der Waals surface area contributed by atoms with Gasteiger partial charge in [0, 0.05) is 11.1 Å². The first-order valence-electron chi connectivity index (χ1n) is 3.73. The normalized spacial score (nSPS) is 10.1. The van der Waals surface area contributed by atoms with Gasteiger partial charge < -0.3 is 9.84 Å². The van der Waals surface area contributed by atoms with E-state index in [0.29, 0.717) is 16.9 Å². The van der Waals surface area contributed by atoms with Crippen LogP contribution in [-0.4, -0.2) is 12.2 Å². The molecular formula is C9H10Cl2O2. The van der Waals surface area contributed by atoms with Gasteiger partial charge in [0.1, 0.15) is 11.5 Å². The van der Waals surface area contributed by atoms with Crippen LogP contribution in [0.15, 0.2) is 12.1 Å². The number of hydrogen-bond acceptors (Lipinski definition) is 2. The Bertz CT molecular complexity index is 275. The summed E-state index contributed by atoms with van der Waals surface area (Å²) in [5.41, 5.74) is 1.27. The van der Waals surface area contributed by atoms with Gasteiger partial charge in [-0.15, -0.1) is 23.2 Å². The van der Waals surface area contributed by atoms with Crippen molar-refractivity contribution in [1.82, 2.24) is 0 Å². The Labute approximate surface area is 87.0 Å². The van der Waals surface area contributed by atoms with Crippen LogP contribution in [-0.2, 0) is 11.8 Å². The third-order valence-electron chi connectivity index (χ3n) is 1.76. The third kappa shape index (κ3) is 2.20. The van der Waals surface area contributed by atoms with E-state index in [1.165, 1.54) is 0 Å². The fourth-order valence-electron chi connectivity index (χ4n) is 1.05. The second-order valence-corrected chi connectivity index (χ2v) is 3.10. The Morgan fingerprint density at radius 2 is 1.69 bits per heavy atom. The zero-order valence-corrected chi connectivity index (χ0v) is 8.69. The molecule has 0 heterocycles. The summed E-state index contributed by atoms with van der Waals surface area (Å²) in [6.45, 7) is 0. The molecule has 1 aromatic carbocycles.